The molecule has 0 radical (unpaired) electrons. The van der Waals surface area contributed by atoms with Crippen molar-refractivity contribution in [3.05, 3.63) is 159 Å². The number of epoxide rings is 2. The van der Waals surface area contributed by atoms with E-state index in [0.29, 0.717) is 13.2 Å². The molecule has 4 atom stereocenters. The molecule has 1 N–H and O–H groups in total. The molecule has 0 aromatic heterocycles. The molecule has 72 heavy (non-hydrogen) atoms. The number of rotatable bonds is 14. The maximum Gasteiger partial charge on any atom is 0.135 e. The monoisotopic (exact) mass is 973 g/mol. The summed E-state index contributed by atoms with van der Waals surface area (Å²) in [6.45, 7) is 36.7. The van der Waals surface area contributed by atoms with Crippen LogP contribution in [0.15, 0.2) is 36.4 Å². The molecule has 6 aromatic carbocycles. The number of aliphatic hydroxyl groups is 1. The van der Waals surface area contributed by atoms with Crippen molar-refractivity contribution in [3.8, 4) is 46.0 Å². The quantitative estimate of drug-likeness (QED) is 0.107. The van der Waals surface area contributed by atoms with Gasteiger partial charge in [0.25, 0.3) is 0 Å². The molecule has 0 bridgehead atoms. The van der Waals surface area contributed by atoms with Crippen LogP contribution in [0.3, 0.4) is 0 Å². The molecular formula is C63H72O9. The molecule has 9 nitrogen and oxygen atoms in total. The fraction of sp³-hybridized carbons (Fsp3) is 0.429. The van der Waals surface area contributed by atoms with Crippen LogP contribution < -0.4 is 28.4 Å². The first kappa shape index (κ1) is 49.6. The average Bonchev–Trinajstić information content (AvgIpc) is 4.31. The van der Waals surface area contributed by atoms with Crippen LogP contribution in [-0.2, 0) is 9.47 Å². The van der Waals surface area contributed by atoms with Crippen LogP contribution in [0.1, 0.15) is 134 Å². The van der Waals surface area contributed by atoms with Gasteiger partial charge in [-0.3, -0.25) is 0 Å². The van der Waals surface area contributed by atoms with Crippen LogP contribution in [0.25, 0.3) is 0 Å². The van der Waals surface area contributed by atoms with E-state index in [9.17, 15) is 5.11 Å². The van der Waals surface area contributed by atoms with Gasteiger partial charge in [-0.1, -0.05) is 36.4 Å². The molecule has 0 spiro atoms. The van der Waals surface area contributed by atoms with Crippen LogP contribution in [-0.4, -0.2) is 63.1 Å². The first-order valence-electron chi connectivity index (χ1n) is 25.8. The van der Waals surface area contributed by atoms with Gasteiger partial charge in [0, 0.05) is 34.1 Å². The van der Waals surface area contributed by atoms with Gasteiger partial charge in [-0.05, 0) is 211 Å². The van der Waals surface area contributed by atoms with Crippen molar-refractivity contribution in [3.63, 3.8) is 0 Å². The van der Waals surface area contributed by atoms with Gasteiger partial charge in [-0.25, -0.2) is 0 Å². The van der Waals surface area contributed by atoms with E-state index in [2.05, 4.69) is 147 Å². The third kappa shape index (κ3) is 8.39. The van der Waals surface area contributed by atoms with E-state index in [1.54, 1.807) is 0 Å². The van der Waals surface area contributed by atoms with Gasteiger partial charge in [-0.15, -0.1) is 0 Å². The Balaban J connectivity index is 0.982. The molecule has 10 rings (SSSR count). The molecule has 2 fully saturated rings. The Labute approximate surface area is 426 Å². The first-order chi connectivity index (χ1) is 34.3. The second-order valence-electron chi connectivity index (χ2n) is 21.4. The summed E-state index contributed by atoms with van der Waals surface area (Å²) in [6.07, 6.45) is -0.684. The Morgan fingerprint density at radius 3 is 0.972 bits per heavy atom. The van der Waals surface area contributed by atoms with Crippen LogP contribution in [0, 0.1) is 111 Å². The Hall–Kier alpha value is -6.00. The van der Waals surface area contributed by atoms with Gasteiger partial charge in [0.2, 0.25) is 0 Å². The number of benzene rings is 6. The van der Waals surface area contributed by atoms with Gasteiger partial charge < -0.3 is 43.0 Å². The highest BCUT2D eigenvalue weighted by Crippen LogP contribution is 2.59. The van der Waals surface area contributed by atoms with Crippen LogP contribution in [0.5, 0.6) is 46.0 Å². The van der Waals surface area contributed by atoms with Gasteiger partial charge >= 0.3 is 0 Å². The van der Waals surface area contributed by atoms with Gasteiger partial charge in [0.15, 0.2) is 0 Å². The lowest BCUT2D eigenvalue weighted by Crippen LogP contribution is -2.27. The zero-order chi connectivity index (χ0) is 51.3. The summed E-state index contributed by atoms with van der Waals surface area (Å²) in [7, 11) is 0. The first-order valence-corrected chi connectivity index (χ1v) is 25.8. The van der Waals surface area contributed by atoms with E-state index < -0.39 is 6.10 Å². The van der Waals surface area contributed by atoms with Crippen molar-refractivity contribution in [2.75, 3.05) is 39.6 Å². The normalized spacial score (nSPS) is 18.5. The third-order valence-electron chi connectivity index (χ3n) is 16.7. The van der Waals surface area contributed by atoms with E-state index in [1.165, 1.54) is 33.4 Å². The minimum Gasteiger partial charge on any atom is -0.490 e. The fourth-order valence-electron chi connectivity index (χ4n) is 11.4. The Morgan fingerprint density at radius 2 is 0.694 bits per heavy atom. The SMILES string of the molecule is Cc1ccc(C2c3c(C)c(OCC(O)COc4c(C)c(C)c5c(c4C)C(c4ccc(C)c(C)c4)c4c(C)c(OCC6CO6)c(C)c(C)c4O5)c(C)c(C)c3Oc3c(C)c(C)c(OCC4CO4)c(C)c32)cc1C. The molecule has 0 saturated carbocycles. The van der Waals surface area contributed by atoms with Crippen molar-refractivity contribution < 1.29 is 43.0 Å². The van der Waals surface area contributed by atoms with Crippen molar-refractivity contribution >= 4 is 0 Å². The molecule has 4 aliphatic rings. The number of ether oxygens (including phenoxy) is 8. The average molecular weight is 973 g/mol. The highest BCUT2D eigenvalue weighted by atomic mass is 16.6. The zero-order valence-electron chi connectivity index (χ0n) is 45.3. The van der Waals surface area contributed by atoms with Crippen molar-refractivity contribution in [2.45, 2.75) is 141 Å². The van der Waals surface area contributed by atoms with Gasteiger partial charge in [0.05, 0.1) is 13.2 Å². The smallest absolute Gasteiger partial charge is 0.135 e. The number of aryl methyl sites for hydroxylation is 4. The van der Waals surface area contributed by atoms with Crippen LogP contribution >= 0.6 is 0 Å². The summed E-state index contributed by atoms with van der Waals surface area (Å²) < 4.78 is 51.9. The Bertz CT molecular complexity index is 2990. The topological polar surface area (TPSA) is 101 Å². The molecule has 0 amide bonds. The Morgan fingerprint density at radius 1 is 0.403 bits per heavy atom. The number of fused-ring (bicyclic) bond motifs is 4. The van der Waals surface area contributed by atoms with Gasteiger partial charge in [-0.2, -0.15) is 0 Å². The maximum atomic E-state index is 11.9. The molecule has 378 valence electrons. The van der Waals surface area contributed by atoms with E-state index in [0.717, 1.165) is 148 Å². The Kier molecular flexibility index (Phi) is 12.9. The van der Waals surface area contributed by atoms with E-state index >= 15 is 0 Å². The molecule has 4 aliphatic heterocycles. The molecule has 0 aliphatic carbocycles. The highest BCUT2D eigenvalue weighted by Gasteiger charge is 2.41. The zero-order valence-corrected chi connectivity index (χ0v) is 45.3. The van der Waals surface area contributed by atoms with E-state index in [1.807, 2.05) is 0 Å². The second kappa shape index (κ2) is 18.8. The summed E-state index contributed by atoms with van der Waals surface area (Å²) in [6, 6.07) is 13.5. The van der Waals surface area contributed by atoms with Crippen LogP contribution in [0.4, 0.5) is 0 Å². The lowest BCUT2D eigenvalue weighted by atomic mass is 9.75. The van der Waals surface area contributed by atoms with Gasteiger partial charge in [0.1, 0.15) is 90.7 Å². The molecular weight excluding hydrogens is 901 g/mol. The number of hydrogen-bond donors (Lipinski definition) is 1. The molecule has 6 aromatic rings. The van der Waals surface area contributed by atoms with Crippen molar-refractivity contribution in [1.82, 2.24) is 0 Å². The minimum absolute atomic E-state index is 0.0283. The second-order valence-corrected chi connectivity index (χ2v) is 21.4. The van der Waals surface area contributed by atoms with Crippen LogP contribution in [0.2, 0.25) is 0 Å². The molecule has 4 unspecified atom stereocenters. The molecule has 4 heterocycles. The summed E-state index contributed by atoms with van der Waals surface area (Å²) in [5.74, 6) is 6.43. The number of aliphatic hydroxyl groups excluding tert-OH is 1. The summed E-state index contributed by atoms with van der Waals surface area (Å²) >= 11 is 0. The van der Waals surface area contributed by atoms with E-state index in [4.69, 9.17) is 37.9 Å². The van der Waals surface area contributed by atoms with E-state index in [-0.39, 0.29) is 37.3 Å². The predicted octanol–water partition coefficient (Wildman–Crippen LogP) is 13.6. The fourth-order valence-corrected chi connectivity index (χ4v) is 11.4. The third-order valence-corrected chi connectivity index (χ3v) is 16.7. The molecule has 9 heteroatoms. The summed E-state index contributed by atoms with van der Waals surface area (Å²) in [4.78, 5) is 0. The summed E-state index contributed by atoms with van der Waals surface area (Å²) in [5, 5.41) is 11.9. The predicted molar refractivity (Wildman–Crippen MR) is 284 cm³/mol. The lowest BCUT2D eigenvalue weighted by molar-refractivity contribution is 0.0615. The lowest BCUT2D eigenvalue weighted by Gasteiger charge is -2.36. The minimum atomic E-state index is -0.943. The summed E-state index contributed by atoms with van der Waals surface area (Å²) in [5.41, 5.74) is 23.9. The largest absolute Gasteiger partial charge is 0.490 e. The highest BCUT2D eigenvalue weighted by molar-refractivity contribution is 5.74. The van der Waals surface area contributed by atoms with Crippen molar-refractivity contribution in [2.24, 2.45) is 0 Å². The number of hydrogen-bond acceptors (Lipinski definition) is 9. The standard InChI is InChI=1S/C63H72O9/c1-29-17-19-45(21-31(29)3)54-50-41(13)56(33(5)37(9)60(50)71-62-39(11)35(7)58(43(15)52(54)62)69-27-48-25-65-48)67-23-47(64)24-68-57-34(6)38(10)61-51(42(57)14)55(46-20-18-30(2)32(4)22-46)53-44(16)59(70-28-49-26-66-49)36(8)40(12)63(53)72-61/h17-22,47-49,54-55,64H,23-28H2,1-16H3. The van der Waals surface area contributed by atoms with Crippen molar-refractivity contribution in [1.29, 1.82) is 0 Å². The maximum absolute atomic E-state index is 11.9. The molecule has 2 saturated heterocycles.